The normalized spacial score (nSPS) is 20.4. The lowest BCUT2D eigenvalue weighted by molar-refractivity contribution is 0.0484. The molecule has 1 aliphatic heterocycles. The Bertz CT molecular complexity index is 611. The monoisotopic (exact) mass is 250 g/mol. The fourth-order valence-electron chi connectivity index (χ4n) is 2.53. The molecule has 2 aromatic rings. The molecule has 1 aliphatic rings. The van der Waals surface area contributed by atoms with Crippen molar-refractivity contribution in [2.45, 2.75) is 19.4 Å². The van der Waals surface area contributed by atoms with E-state index in [2.05, 4.69) is 4.98 Å². The summed E-state index contributed by atoms with van der Waals surface area (Å²) in [6, 6.07) is 4.38. The van der Waals surface area contributed by atoms with Gasteiger partial charge in [0.2, 0.25) is 0 Å². The molecular formula is C13H15FN2O2. The van der Waals surface area contributed by atoms with Gasteiger partial charge in [-0.1, -0.05) is 0 Å². The predicted molar refractivity (Wildman–Crippen MR) is 66.1 cm³/mol. The van der Waals surface area contributed by atoms with Gasteiger partial charge in [-0.3, -0.25) is 4.57 Å². The Morgan fingerprint density at radius 3 is 3.17 bits per heavy atom. The quantitative estimate of drug-likeness (QED) is 0.884. The number of H-pyrrole nitrogens is 1. The molecule has 0 bridgehead atoms. The molecule has 1 saturated heterocycles. The minimum absolute atomic E-state index is 0.179. The Morgan fingerprint density at radius 2 is 2.39 bits per heavy atom. The summed E-state index contributed by atoms with van der Waals surface area (Å²) in [7, 11) is 0. The van der Waals surface area contributed by atoms with Crippen LogP contribution in [0.4, 0.5) is 4.39 Å². The zero-order chi connectivity index (χ0) is 12.5. The largest absolute Gasteiger partial charge is 0.381 e. The summed E-state index contributed by atoms with van der Waals surface area (Å²) in [5, 5.41) is 0. The molecule has 0 spiro atoms. The van der Waals surface area contributed by atoms with Crippen LogP contribution in [0, 0.1) is 11.7 Å². The number of benzene rings is 1. The van der Waals surface area contributed by atoms with Gasteiger partial charge < -0.3 is 9.72 Å². The zero-order valence-corrected chi connectivity index (χ0v) is 9.99. The molecule has 18 heavy (non-hydrogen) atoms. The van der Waals surface area contributed by atoms with Crippen LogP contribution in [0.3, 0.4) is 0 Å². The molecule has 1 N–H and O–H groups in total. The molecule has 0 amide bonds. The van der Waals surface area contributed by atoms with Gasteiger partial charge in [-0.25, -0.2) is 9.18 Å². The highest BCUT2D eigenvalue weighted by molar-refractivity contribution is 5.75. The van der Waals surface area contributed by atoms with Crippen molar-refractivity contribution in [3.63, 3.8) is 0 Å². The first kappa shape index (κ1) is 11.5. The fourth-order valence-corrected chi connectivity index (χ4v) is 2.53. The van der Waals surface area contributed by atoms with Gasteiger partial charge in [0.05, 0.1) is 17.6 Å². The smallest absolute Gasteiger partial charge is 0.326 e. The maximum absolute atomic E-state index is 13.1. The van der Waals surface area contributed by atoms with E-state index >= 15 is 0 Å². The Morgan fingerprint density at radius 1 is 1.50 bits per heavy atom. The van der Waals surface area contributed by atoms with Crippen molar-refractivity contribution < 1.29 is 9.13 Å². The highest BCUT2D eigenvalue weighted by Crippen LogP contribution is 2.18. The molecule has 1 unspecified atom stereocenters. The van der Waals surface area contributed by atoms with Crippen LogP contribution in [0.5, 0.6) is 0 Å². The lowest BCUT2D eigenvalue weighted by Gasteiger charge is -2.22. The molecule has 0 radical (unpaired) electrons. The third kappa shape index (κ3) is 2.06. The number of imidazole rings is 1. The average Bonchev–Trinajstić information content (AvgIpc) is 2.66. The molecule has 2 heterocycles. The number of rotatable bonds is 2. The molecule has 1 fully saturated rings. The number of hydrogen-bond donors (Lipinski definition) is 1. The van der Waals surface area contributed by atoms with Crippen LogP contribution in [0.2, 0.25) is 0 Å². The molecule has 0 saturated carbocycles. The van der Waals surface area contributed by atoms with E-state index in [1.165, 1.54) is 12.1 Å². The summed E-state index contributed by atoms with van der Waals surface area (Å²) in [6.45, 7) is 2.13. The van der Waals surface area contributed by atoms with Crippen molar-refractivity contribution in [2.24, 2.45) is 5.92 Å². The van der Waals surface area contributed by atoms with E-state index in [1.54, 1.807) is 10.6 Å². The summed E-state index contributed by atoms with van der Waals surface area (Å²) in [5.74, 6) is 0.0254. The van der Waals surface area contributed by atoms with Gasteiger partial charge in [0.1, 0.15) is 5.82 Å². The minimum Gasteiger partial charge on any atom is -0.381 e. The third-order valence-corrected chi connectivity index (χ3v) is 3.43. The van der Waals surface area contributed by atoms with E-state index in [4.69, 9.17) is 4.74 Å². The number of fused-ring (bicyclic) bond motifs is 1. The summed E-state index contributed by atoms with van der Waals surface area (Å²) in [4.78, 5) is 14.6. The van der Waals surface area contributed by atoms with E-state index in [0.29, 0.717) is 24.6 Å². The van der Waals surface area contributed by atoms with E-state index in [0.717, 1.165) is 25.0 Å². The summed E-state index contributed by atoms with van der Waals surface area (Å²) >= 11 is 0. The summed E-state index contributed by atoms with van der Waals surface area (Å²) in [6.07, 6.45) is 2.11. The summed E-state index contributed by atoms with van der Waals surface area (Å²) < 4.78 is 20.2. The molecule has 5 heteroatoms. The fraction of sp³-hybridized carbons (Fsp3) is 0.462. The minimum atomic E-state index is -0.336. The number of ether oxygens (including phenoxy) is 1. The van der Waals surface area contributed by atoms with Crippen LogP contribution >= 0.6 is 0 Å². The molecule has 1 atom stereocenters. The number of aromatic amines is 1. The van der Waals surface area contributed by atoms with Gasteiger partial charge in [0, 0.05) is 19.1 Å². The van der Waals surface area contributed by atoms with Crippen molar-refractivity contribution in [1.82, 2.24) is 9.55 Å². The lowest BCUT2D eigenvalue weighted by Crippen LogP contribution is -2.27. The number of nitrogens with one attached hydrogen (secondary N) is 1. The van der Waals surface area contributed by atoms with E-state index in [9.17, 15) is 9.18 Å². The first-order valence-electron chi connectivity index (χ1n) is 6.20. The standard InChI is InChI=1S/C13H15FN2O2/c14-10-3-4-12-11(6-10)15-13(17)16(12)7-9-2-1-5-18-8-9/h3-4,6,9H,1-2,5,7-8H2,(H,15,17). The molecule has 4 nitrogen and oxygen atoms in total. The van der Waals surface area contributed by atoms with Crippen LogP contribution in [0.25, 0.3) is 11.0 Å². The Labute approximate surface area is 103 Å². The number of halogens is 1. The molecular weight excluding hydrogens is 235 g/mol. The molecule has 96 valence electrons. The topological polar surface area (TPSA) is 47.0 Å². The van der Waals surface area contributed by atoms with E-state index in [1.807, 2.05) is 0 Å². The molecule has 1 aromatic heterocycles. The SMILES string of the molecule is O=c1[nH]c2cc(F)ccc2n1CC1CCCOC1. The van der Waals surface area contributed by atoms with Crippen LogP contribution in [0.1, 0.15) is 12.8 Å². The second-order valence-electron chi connectivity index (χ2n) is 4.79. The van der Waals surface area contributed by atoms with E-state index < -0.39 is 0 Å². The molecule has 3 rings (SSSR count). The summed E-state index contributed by atoms with van der Waals surface area (Å²) in [5.41, 5.74) is 1.13. The molecule has 0 aliphatic carbocycles. The van der Waals surface area contributed by atoms with Crippen molar-refractivity contribution in [3.8, 4) is 0 Å². The van der Waals surface area contributed by atoms with Crippen molar-refractivity contribution >= 4 is 11.0 Å². The average molecular weight is 250 g/mol. The van der Waals surface area contributed by atoms with Crippen molar-refractivity contribution in [1.29, 1.82) is 0 Å². The van der Waals surface area contributed by atoms with Gasteiger partial charge in [-0.05, 0) is 31.0 Å². The number of aromatic nitrogens is 2. The number of nitrogens with zero attached hydrogens (tertiary/aromatic N) is 1. The first-order chi connectivity index (χ1) is 8.74. The predicted octanol–water partition coefficient (Wildman–Crippen LogP) is 1.90. The maximum atomic E-state index is 13.1. The van der Waals surface area contributed by atoms with Crippen LogP contribution in [-0.2, 0) is 11.3 Å². The van der Waals surface area contributed by atoms with Gasteiger partial charge >= 0.3 is 5.69 Å². The Hall–Kier alpha value is -1.62. The molecule has 1 aromatic carbocycles. The van der Waals surface area contributed by atoms with Crippen LogP contribution in [-0.4, -0.2) is 22.8 Å². The maximum Gasteiger partial charge on any atom is 0.326 e. The second-order valence-corrected chi connectivity index (χ2v) is 4.79. The highest BCUT2D eigenvalue weighted by Gasteiger charge is 2.17. The zero-order valence-electron chi connectivity index (χ0n) is 9.99. The first-order valence-corrected chi connectivity index (χ1v) is 6.20. The second kappa shape index (κ2) is 4.57. The van der Waals surface area contributed by atoms with Gasteiger partial charge in [0.15, 0.2) is 0 Å². The van der Waals surface area contributed by atoms with Crippen LogP contribution < -0.4 is 5.69 Å². The van der Waals surface area contributed by atoms with Gasteiger partial charge in [-0.15, -0.1) is 0 Å². The third-order valence-electron chi connectivity index (χ3n) is 3.43. The van der Waals surface area contributed by atoms with E-state index in [-0.39, 0.29) is 11.5 Å². The van der Waals surface area contributed by atoms with Crippen LogP contribution in [0.15, 0.2) is 23.0 Å². The van der Waals surface area contributed by atoms with Crippen molar-refractivity contribution in [2.75, 3.05) is 13.2 Å². The van der Waals surface area contributed by atoms with Crippen molar-refractivity contribution in [3.05, 3.63) is 34.5 Å². The van der Waals surface area contributed by atoms with Gasteiger partial charge in [0.25, 0.3) is 0 Å². The highest BCUT2D eigenvalue weighted by atomic mass is 19.1. The van der Waals surface area contributed by atoms with Gasteiger partial charge in [-0.2, -0.15) is 0 Å². The number of hydrogen-bond acceptors (Lipinski definition) is 2. The Kier molecular flexibility index (Phi) is 2.91. The lowest BCUT2D eigenvalue weighted by atomic mass is 10.0. The Balaban J connectivity index is 1.95.